The minimum Gasteiger partial charge on any atom is -0.378 e. The molecule has 0 saturated heterocycles. The van der Waals surface area contributed by atoms with Crippen molar-refractivity contribution in [3.63, 3.8) is 0 Å². The van der Waals surface area contributed by atoms with Gasteiger partial charge in [0, 0.05) is 17.7 Å². The number of hydrogen-bond donors (Lipinski definition) is 2. The molecule has 2 rings (SSSR count). The van der Waals surface area contributed by atoms with Crippen LogP contribution < -0.4 is 11.3 Å². The number of nitrogens with two attached hydrogens (primary N) is 1. The SMILES string of the molecule is CCOC1CC(CC(Cc2cc(Cl)ccc2F)NN)C1. The molecular formula is C15H22ClFN2O. The van der Waals surface area contributed by atoms with Crippen LogP contribution in [0.3, 0.4) is 0 Å². The molecule has 1 unspecified atom stereocenters. The van der Waals surface area contributed by atoms with Crippen LogP contribution in [0.4, 0.5) is 4.39 Å². The second-order valence-corrected chi connectivity index (χ2v) is 5.89. The molecule has 1 aromatic carbocycles. The van der Waals surface area contributed by atoms with Crippen molar-refractivity contribution in [2.75, 3.05) is 6.61 Å². The Bertz CT molecular complexity index is 438. The van der Waals surface area contributed by atoms with Crippen LogP contribution >= 0.6 is 11.6 Å². The summed E-state index contributed by atoms with van der Waals surface area (Å²) >= 11 is 5.91. The Morgan fingerprint density at radius 1 is 1.50 bits per heavy atom. The molecule has 5 heteroatoms. The lowest BCUT2D eigenvalue weighted by atomic mass is 9.77. The third-order valence-corrected chi connectivity index (χ3v) is 4.16. The van der Waals surface area contributed by atoms with Gasteiger partial charge in [-0.05, 0) is 62.3 Å². The van der Waals surface area contributed by atoms with E-state index in [2.05, 4.69) is 5.43 Å². The van der Waals surface area contributed by atoms with Crippen molar-refractivity contribution in [1.82, 2.24) is 5.43 Å². The molecular weight excluding hydrogens is 279 g/mol. The lowest BCUT2D eigenvalue weighted by Crippen LogP contribution is -2.42. The van der Waals surface area contributed by atoms with E-state index in [1.54, 1.807) is 12.1 Å². The van der Waals surface area contributed by atoms with E-state index >= 15 is 0 Å². The number of nitrogens with one attached hydrogen (secondary N) is 1. The molecule has 1 fully saturated rings. The van der Waals surface area contributed by atoms with Gasteiger partial charge in [-0.3, -0.25) is 11.3 Å². The number of rotatable bonds is 7. The fourth-order valence-electron chi connectivity index (χ4n) is 2.82. The predicted octanol–water partition coefficient (Wildman–Crippen LogP) is 3.06. The molecule has 1 aromatic rings. The van der Waals surface area contributed by atoms with Crippen molar-refractivity contribution >= 4 is 11.6 Å². The molecule has 0 radical (unpaired) electrons. The zero-order valence-electron chi connectivity index (χ0n) is 11.7. The van der Waals surface area contributed by atoms with Gasteiger partial charge >= 0.3 is 0 Å². The lowest BCUT2D eigenvalue weighted by molar-refractivity contribution is -0.0290. The lowest BCUT2D eigenvalue weighted by Gasteiger charge is -2.37. The summed E-state index contributed by atoms with van der Waals surface area (Å²) in [7, 11) is 0. The highest BCUT2D eigenvalue weighted by Gasteiger charge is 2.31. The summed E-state index contributed by atoms with van der Waals surface area (Å²) in [4.78, 5) is 0. The van der Waals surface area contributed by atoms with Gasteiger partial charge in [0.15, 0.2) is 0 Å². The quantitative estimate of drug-likeness (QED) is 0.601. The average Bonchev–Trinajstić information content (AvgIpc) is 2.39. The fraction of sp³-hybridized carbons (Fsp3) is 0.600. The Kier molecular flexibility index (Phi) is 5.78. The Hall–Kier alpha value is -0.680. The van der Waals surface area contributed by atoms with Crippen LogP contribution in [0.15, 0.2) is 18.2 Å². The molecule has 1 atom stereocenters. The zero-order chi connectivity index (χ0) is 14.5. The van der Waals surface area contributed by atoms with E-state index in [0.29, 0.717) is 29.0 Å². The number of ether oxygens (including phenoxy) is 1. The first-order valence-corrected chi connectivity index (χ1v) is 7.51. The predicted molar refractivity (Wildman–Crippen MR) is 79.0 cm³/mol. The number of hydrazine groups is 1. The van der Waals surface area contributed by atoms with Gasteiger partial charge in [0.2, 0.25) is 0 Å². The summed E-state index contributed by atoms with van der Waals surface area (Å²) < 4.78 is 19.3. The summed E-state index contributed by atoms with van der Waals surface area (Å²) in [5.74, 6) is 5.97. The summed E-state index contributed by atoms with van der Waals surface area (Å²) in [6.45, 7) is 2.78. The van der Waals surface area contributed by atoms with E-state index in [-0.39, 0.29) is 11.9 Å². The summed E-state index contributed by atoms with van der Waals surface area (Å²) in [5.41, 5.74) is 3.40. The van der Waals surface area contributed by atoms with Crippen LogP contribution in [0.1, 0.15) is 31.7 Å². The van der Waals surface area contributed by atoms with Crippen molar-refractivity contribution in [3.8, 4) is 0 Å². The molecule has 112 valence electrons. The first kappa shape index (κ1) is 15.7. The Morgan fingerprint density at radius 2 is 2.25 bits per heavy atom. The highest BCUT2D eigenvalue weighted by Crippen LogP contribution is 2.34. The van der Waals surface area contributed by atoms with Gasteiger partial charge in [0.1, 0.15) is 5.82 Å². The third kappa shape index (κ3) is 4.16. The normalized spacial score (nSPS) is 23.4. The number of benzene rings is 1. The molecule has 1 aliphatic rings. The highest BCUT2D eigenvalue weighted by atomic mass is 35.5. The van der Waals surface area contributed by atoms with Crippen molar-refractivity contribution in [1.29, 1.82) is 0 Å². The van der Waals surface area contributed by atoms with Gasteiger partial charge in [0.25, 0.3) is 0 Å². The molecule has 0 aliphatic heterocycles. The van der Waals surface area contributed by atoms with Crippen LogP contribution in [0.5, 0.6) is 0 Å². The van der Waals surface area contributed by atoms with E-state index in [4.69, 9.17) is 22.2 Å². The summed E-state index contributed by atoms with van der Waals surface area (Å²) in [6, 6.07) is 4.70. The largest absolute Gasteiger partial charge is 0.378 e. The van der Waals surface area contributed by atoms with Gasteiger partial charge in [0.05, 0.1) is 6.10 Å². The van der Waals surface area contributed by atoms with Gasteiger partial charge < -0.3 is 4.74 Å². The Labute approximate surface area is 124 Å². The fourth-order valence-corrected chi connectivity index (χ4v) is 3.01. The van der Waals surface area contributed by atoms with Crippen molar-refractivity contribution < 1.29 is 9.13 Å². The molecule has 3 nitrogen and oxygen atoms in total. The summed E-state index contributed by atoms with van der Waals surface area (Å²) in [6.07, 6.45) is 4.03. The molecule has 3 N–H and O–H groups in total. The van der Waals surface area contributed by atoms with E-state index < -0.39 is 0 Å². The van der Waals surface area contributed by atoms with Gasteiger partial charge in [-0.1, -0.05) is 11.6 Å². The van der Waals surface area contributed by atoms with Crippen LogP contribution in [0.25, 0.3) is 0 Å². The van der Waals surface area contributed by atoms with E-state index in [0.717, 1.165) is 25.9 Å². The maximum atomic E-state index is 13.7. The topological polar surface area (TPSA) is 47.3 Å². The first-order valence-electron chi connectivity index (χ1n) is 7.14. The van der Waals surface area contributed by atoms with Gasteiger partial charge in [-0.25, -0.2) is 4.39 Å². The zero-order valence-corrected chi connectivity index (χ0v) is 12.5. The maximum absolute atomic E-state index is 13.7. The smallest absolute Gasteiger partial charge is 0.126 e. The molecule has 1 aliphatic carbocycles. The van der Waals surface area contributed by atoms with Crippen molar-refractivity contribution in [3.05, 3.63) is 34.6 Å². The molecule has 0 spiro atoms. The summed E-state index contributed by atoms with van der Waals surface area (Å²) in [5, 5.41) is 0.553. The van der Waals surface area contributed by atoms with Gasteiger partial charge in [-0.2, -0.15) is 0 Å². The molecule has 20 heavy (non-hydrogen) atoms. The van der Waals surface area contributed by atoms with E-state index in [9.17, 15) is 4.39 Å². The number of halogens is 2. The number of hydrogen-bond acceptors (Lipinski definition) is 3. The van der Waals surface area contributed by atoms with Crippen molar-refractivity contribution in [2.45, 2.75) is 44.8 Å². The van der Waals surface area contributed by atoms with Crippen LogP contribution in [0.2, 0.25) is 5.02 Å². The monoisotopic (exact) mass is 300 g/mol. The minimum absolute atomic E-state index is 0.0653. The third-order valence-electron chi connectivity index (χ3n) is 3.92. The average molecular weight is 301 g/mol. The molecule has 0 bridgehead atoms. The highest BCUT2D eigenvalue weighted by molar-refractivity contribution is 6.30. The second kappa shape index (κ2) is 7.36. The molecule has 1 saturated carbocycles. The minimum atomic E-state index is -0.226. The Balaban J connectivity index is 1.85. The molecule has 0 amide bonds. The molecule has 0 aromatic heterocycles. The van der Waals surface area contributed by atoms with E-state index in [1.165, 1.54) is 6.07 Å². The second-order valence-electron chi connectivity index (χ2n) is 5.45. The molecule has 0 heterocycles. The van der Waals surface area contributed by atoms with E-state index in [1.807, 2.05) is 6.92 Å². The maximum Gasteiger partial charge on any atom is 0.126 e. The standard InChI is InChI=1S/C15H22ClFN2O/c1-2-20-14-6-10(7-14)5-13(19-18)9-11-8-12(16)3-4-15(11)17/h3-4,8,10,13-14,19H,2,5-7,9,18H2,1H3. The van der Waals surface area contributed by atoms with Gasteiger partial charge in [-0.15, -0.1) is 0 Å². The Morgan fingerprint density at radius 3 is 2.90 bits per heavy atom. The van der Waals surface area contributed by atoms with Crippen LogP contribution in [0, 0.1) is 11.7 Å². The van der Waals surface area contributed by atoms with Crippen LogP contribution in [-0.4, -0.2) is 18.8 Å². The van der Waals surface area contributed by atoms with Crippen molar-refractivity contribution in [2.24, 2.45) is 11.8 Å². The van der Waals surface area contributed by atoms with Crippen LogP contribution in [-0.2, 0) is 11.2 Å². The first-order chi connectivity index (χ1) is 9.62.